The van der Waals surface area contributed by atoms with Gasteiger partial charge in [0.15, 0.2) is 5.78 Å². The second-order valence-electron chi connectivity index (χ2n) is 3.33. The van der Waals surface area contributed by atoms with E-state index in [-0.39, 0.29) is 11.3 Å². The maximum Gasteiger partial charge on any atom is 0.398 e. The molecule has 2 nitrogen and oxygen atoms in total. The summed E-state index contributed by atoms with van der Waals surface area (Å²) in [4.78, 5) is 11.6. The Balaban J connectivity index is 3.05. The van der Waals surface area contributed by atoms with Crippen molar-refractivity contribution >= 4 is 5.78 Å². The number of hydrogen-bond donors (Lipinski definition) is 0. The molecule has 0 heterocycles. The maximum atomic E-state index is 12.4. The summed E-state index contributed by atoms with van der Waals surface area (Å²) in [6, 6.07) is 5.87. The van der Waals surface area contributed by atoms with Crippen molar-refractivity contribution in [2.45, 2.75) is 13.1 Å². The zero-order valence-corrected chi connectivity index (χ0v) is 8.84. The van der Waals surface area contributed by atoms with Gasteiger partial charge in [0.25, 0.3) is 0 Å². The number of ketones is 1. The lowest BCUT2D eigenvalue weighted by Crippen LogP contribution is -2.28. The van der Waals surface area contributed by atoms with Crippen LogP contribution >= 0.6 is 0 Å². The molecule has 0 amide bonds. The summed E-state index contributed by atoms with van der Waals surface area (Å²) in [7, 11) is 1.31. The van der Waals surface area contributed by atoms with Gasteiger partial charge in [0.1, 0.15) is 11.7 Å². The Morgan fingerprint density at radius 1 is 1.31 bits per heavy atom. The van der Waals surface area contributed by atoms with Gasteiger partial charge < -0.3 is 4.74 Å². The lowest BCUT2D eigenvalue weighted by molar-refractivity contribution is -0.155. The molecule has 1 aromatic carbocycles. The van der Waals surface area contributed by atoms with Crippen molar-refractivity contribution in [2.75, 3.05) is 7.11 Å². The number of para-hydroxylation sites is 1. The van der Waals surface area contributed by atoms with Gasteiger partial charge in [-0.2, -0.15) is 13.2 Å². The summed E-state index contributed by atoms with van der Waals surface area (Å²) in [5.74, 6) is -2.85. The molecule has 88 valence electrons. The van der Waals surface area contributed by atoms with Crippen LogP contribution in [0.1, 0.15) is 17.3 Å². The Kier molecular flexibility index (Phi) is 3.57. The van der Waals surface area contributed by atoms with E-state index in [1.807, 2.05) is 0 Å². The Morgan fingerprint density at radius 3 is 2.38 bits per heavy atom. The highest BCUT2D eigenvalue weighted by atomic mass is 19.4. The number of halogens is 3. The van der Waals surface area contributed by atoms with Gasteiger partial charge in [-0.3, -0.25) is 4.79 Å². The maximum absolute atomic E-state index is 12.4. The van der Waals surface area contributed by atoms with Crippen molar-refractivity contribution in [1.82, 2.24) is 0 Å². The highest BCUT2D eigenvalue weighted by Gasteiger charge is 2.41. The second kappa shape index (κ2) is 4.55. The summed E-state index contributed by atoms with van der Waals surface area (Å²) >= 11 is 0. The quantitative estimate of drug-likeness (QED) is 0.748. The smallest absolute Gasteiger partial charge is 0.398 e. The number of rotatable bonds is 3. The first-order valence-electron chi connectivity index (χ1n) is 4.62. The van der Waals surface area contributed by atoms with Crippen LogP contribution in [-0.4, -0.2) is 19.1 Å². The predicted octanol–water partition coefficient (Wildman–Crippen LogP) is 3.08. The minimum Gasteiger partial charge on any atom is -0.496 e. The summed E-state index contributed by atoms with van der Waals surface area (Å²) < 4.78 is 41.9. The Labute approximate surface area is 91.0 Å². The lowest BCUT2D eigenvalue weighted by atomic mass is 9.98. The molecule has 0 aliphatic carbocycles. The van der Waals surface area contributed by atoms with Crippen LogP contribution in [0.25, 0.3) is 0 Å². The van der Waals surface area contributed by atoms with Crippen LogP contribution in [0, 0.1) is 5.92 Å². The number of carbonyl (C=O) groups is 1. The predicted molar refractivity (Wildman–Crippen MR) is 52.5 cm³/mol. The number of hydrogen-bond acceptors (Lipinski definition) is 2. The van der Waals surface area contributed by atoms with E-state index < -0.39 is 17.9 Å². The number of ether oxygens (including phenoxy) is 1. The fraction of sp³-hybridized carbons (Fsp3) is 0.364. The largest absolute Gasteiger partial charge is 0.496 e. The third-order valence-electron chi connectivity index (χ3n) is 2.26. The normalized spacial score (nSPS) is 13.3. The van der Waals surface area contributed by atoms with Crippen LogP contribution in [0.5, 0.6) is 5.75 Å². The molecule has 0 N–H and O–H groups in total. The highest BCUT2D eigenvalue weighted by Crippen LogP contribution is 2.31. The molecule has 1 unspecified atom stereocenters. The van der Waals surface area contributed by atoms with Gasteiger partial charge >= 0.3 is 6.18 Å². The molecule has 5 heteroatoms. The molecule has 0 fully saturated rings. The molecule has 1 aromatic rings. The molecule has 1 atom stereocenters. The Morgan fingerprint density at radius 2 is 1.88 bits per heavy atom. The summed E-state index contributed by atoms with van der Waals surface area (Å²) in [5, 5.41) is 0. The molecule has 0 aromatic heterocycles. The van der Waals surface area contributed by atoms with Gasteiger partial charge in [-0.25, -0.2) is 0 Å². The number of carbonyl (C=O) groups excluding carboxylic acids is 1. The van der Waals surface area contributed by atoms with E-state index in [1.54, 1.807) is 6.07 Å². The van der Waals surface area contributed by atoms with E-state index in [0.29, 0.717) is 0 Å². The summed E-state index contributed by atoms with van der Waals surface area (Å²) in [6.07, 6.45) is -4.53. The van der Waals surface area contributed by atoms with Crippen molar-refractivity contribution in [2.24, 2.45) is 5.92 Å². The first kappa shape index (κ1) is 12.5. The molecule has 0 radical (unpaired) electrons. The number of benzene rings is 1. The van der Waals surface area contributed by atoms with Crippen LogP contribution < -0.4 is 4.74 Å². The van der Waals surface area contributed by atoms with Gasteiger partial charge in [0.2, 0.25) is 0 Å². The first-order chi connectivity index (χ1) is 7.38. The third kappa shape index (κ3) is 2.53. The lowest BCUT2D eigenvalue weighted by Gasteiger charge is -2.15. The molecule has 0 saturated carbocycles. The minimum absolute atomic E-state index is 0.0465. The standard InChI is InChI=1S/C11H11F3O2/c1-7(11(12,13)14)10(15)8-5-3-4-6-9(8)16-2/h3-7H,1-2H3. The van der Waals surface area contributed by atoms with Crippen molar-refractivity contribution in [1.29, 1.82) is 0 Å². The zero-order chi connectivity index (χ0) is 12.3. The highest BCUT2D eigenvalue weighted by molar-refractivity contribution is 6.00. The van der Waals surface area contributed by atoms with Gasteiger partial charge in [-0.15, -0.1) is 0 Å². The minimum atomic E-state index is -4.53. The first-order valence-corrected chi connectivity index (χ1v) is 4.62. The molecular formula is C11H11F3O2. The van der Waals surface area contributed by atoms with Crippen molar-refractivity contribution in [3.05, 3.63) is 29.8 Å². The van der Waals surface area contributed by atoms with Crippen molar-refractivity contribution in [3.63, 3.8) is 0 Å². The van der Waals surface area contributed by atoms with E-state index in [9.17, 15) is 18.0 Å². The summed E-state index contributed by atoms with van der Waals surface area (Å²) in [5.41, 5.74) is -0.0465. The van der Waals surface area contributed by atoms with Gasteiger partial charge in [-0.05, 0) is 19.1 Å². The number of methoxy groups -OCH3 is 1. The number of Topliss-reactive ketones (excluding diaryl/α,β-unsaturated/α-hetero) is 1. The van der Waals surface area contributed by atoms with Gasteiger partial charge in [-0.1, -0.05) is 12.1 Å². The second-order valence-corrected chi connectivity index (χ2v) is 3.33. The Bertz CT molecular complexity index is 385. The topological polar surface area (TPSA) is 26.3 Å². The summed E-state index contributed by atoms with van der Waals surface area (Å²) in [6.45, 7) is 0.842. The molecule has 0 aliphatic rings. The van der Waals surface area contributed by atoms with E-state index >= 15 is 0 Å². The average Bonchev–Trinajstić information content (AvgIpc) is 2.25. The van der Waals surface area contributed by atoms with Crippen LogP contribution in [-0.2, 0) is 0 Å². The fourth-order valence-electron chi connectivity index (χ4n) is 1.23. The molecule has 1 rings (SSSR count). The molecule has 0 saturated heterocycles. The van der Waals surface area contributed by atoms with E-state index in [2.05, 4.69) is 0 Å². The van der Waals surface area contributed by atoms with Crippen molar-refractivity contribution < 1.29 is 22.7 Å². The van der Waals surface area contributed by atoms with Gasteiger partial charge in [0.05, 0.1) is 12.7 Å². The Hall–Kier alpha value is -1.52. The van der Waals surface area contributed by atoms with Crippen molar-refractivity contribution in [3.8, 4) is 5.75 Å². The van der Waals surface area contributed by atoms with E-state index in [0.717, 1.165) is 6.92 Å². The molecule has 0 bridgehead atoms. The number of alkyl halides is 3. The molecular weight excluding hydrogens is 221 g/mol. The zero-order valence-electron chi connectivity index (χ0n) is 8.84. The van der Waals surface area contributed by atoms with E-state index in [4.69, 9.17) is 4.74 Å². The van der Waals surface area contributed by atoms with Crippen LogP contribution in [0.4, 0.5) is 13.2 Å². The average molecular weight is 232 g/mol. The third-order valence-corrected chi connectivity index (χ3v) is 2.26. The monoisotopic (exact) mass is 232 g/mol. The fourth-order valence-corrected chi connectivity index (χ4v) is 1.23. The van der Waals surface area contributed by atoms with Crippen LogP contribution in [0.3, 0.4) is 0 Å². The SMILES string of the molecule is COc1ccccc1C(=O)C(C)C(F)(F)F. The molecule has 0 spiro atoms. The van der Waals surface area contributed by atoms with Gasteiger partial charge in [0, 0.05) is 0 Å². The van der Waals surface area contributed by atoms with E-state index in [1.165, 1.54) is 25.3 Å². The van der Waals surface area contributed by atoms with Crippen LogP contribution in [0.2, 0.25) is 0 Å². The van der Waals surface area contributed by atoms with Crippen LogP contribution in [0.15, 0.2) is 24.3 Å². The molecule has 16 heavy (non-hydrogen) atoms. The molecule has 0 aliphatic heterocycles.